The number of hydrogen-bond acceptors (Lipinski definition) is 1. The van der Waals surface area contributed by atoms with Crippen LogP contribution >= 0.6 is 15.9 Å². The normalized spacial score (nSPS) is 11.2. The summed E-state index contributed by atoms with van der Waals surface area (Å²) in [6.07, 6.45) is 4.37. The van der Waals surface area contributed by atoms with E-state index in [0.717, 1.165) is 10.2 Å². The average molecular weight is 295 g/mol. The molecule has 2 nitrogen and oxygen atoms in total. The van der Waals surface area contributed by atoms with Gasteiger partial charge >= 0.3 is 0 Å². The number of aryl methyl sites for hydroxylation is 2. The van der Waals surface area contributed by atoms with Crippen LogP contribution in [0, 0.1) is 6.92 Å². The van der Waals surface area contributed by atoms with Crippen LogP contribution in [0.25, 0.3) is 10.8 Å². The molecule has 1 aromatic carbocycles. The fourth-order valence-corrected chi connectivity index (χ4v) is 2.47. The maximum atomic E-state index is 5.83. The van der Waals surface area contributed by atoms with Crippen molar-refractivity contribution in [3.63, 3.8) is 0 Å². The van der Waals surface area contributed by atoms with Gasteiger partial charge < -0.3 is 4.74 Å². The summed E-state index contributed by atoms with van der Waals surface area (Å²) in [5, 5.41) is 2.44. The SMILES string of the molecule is Cc1c(OC(C)C)cc(Br)c2cc[n+](C)cc12. The highest BCUT2D eigenvalue weighted by Crippen LogP contribution is 2.33. The summed E-state index contributed by atoms with van der Waals surface area (Å²) in [4.78, 5) is 0. The molecule has 1 aromatic heterocycles. The van der Waals surface area contributed by atoms with Crippen LogP contribution in [-0.2, 0) is 7.05 Å². The number of halogens is 1. The van der Waals surface area contributed by atoms with Crippen molar-refractivity contribution in [3.05, 3.63) is 34.6 Å². The third kappa shape index (κ3) is 2.44. The van der Waals surface area contributed by atoms with Gasteiger partial charge in [-0.2, -0.15) is 0 Å². The predicted octanol–water partition coefficient (Wildman–Crippen LogP) is 3.52. The lowest BCUT2D eigenvalue weighted by Gasteiger charge is -2.14. The highest BCUT2D eigenvalue weighted by Gasteiger charge is 2.12. The molecule has 0 unspecified atom stereocenters. The third-order valence-electron chi connectivity index (χ3n) is 2.75. The quantitative estimate of drug-likeness (QED) is 0.773. The van der Waals surface area contributed by atoms with E-state index in [1.807, 2.05) is 20.9 Å². The number of benzene rings is 1. The van der Waals surface area contributed by atoms with Crippen LogP contribution in [0.5, 0.6) is 5.75 Å². The van der Waals surface area contributed by atoms with Gasteiger partial charge in [-0.15, -0.1) is 0 Å². The molecule has 0 bridgehead atoms. The molecule has 0 N–H and O–H groups in total. The zero-order valence-electron chi connectivity index (χ0n) is 10.6. The lowest BCUT2D eigenvalue weighted by atomic mass is 10.1. The van der Waals surface area contributed by atoms with Crippen molar-refractivity contribution in [2.45, 2.75) is 26.9 Å². The Hall–Kier alpha value is -1.09. The van der Waals surface area contributed by atoms with E-state index >= 15 is 0 Å². The van der Waals surface area contributed by atoms with Crippen LogP contribution in [0.2, 0.25) is 0 Å². The minimum atomic E-state index is 0.190. The molecule has 2 aromatic rings. The van der Waals surface area contributed by atoms with E-state index in [0.29, 0.717) is 0 Å². The Morgan fingerprint density at radius 3 is 2.65 bits per heavy atom. The molecule has 90 valence electrons. The van der Waals surface area contributed by atoms with E-state index in [2.05, 4.69) is 51.9 Å². The van der Waals surface area contributed by atoms with Crippen LogP contribution in [-0.4, -0.2) is 6.10 Å². The molecule has 0 aliphatic heterocycles. The Labute approximate surface area is 110 Å². The van der Waals surface area contributed by atoms with Crippen molar-refractivity contribution in [2.24, 2.45) is 7.05 Å². The monoisotopic (exact) mass is 294 g/mol. The fraction of sp³-hybridized carbons (Fsp3) is 0.357. The lowest BCUT2D eigenvalue weighted by Crippen LogP contribution is -2.26. The number of pyridine rings is 1. The van der Waals surface area contributed by atoms with Gasteiger partial charge in [0.2, 0.25) is 0 Å². The third-order valence-corrected chi connectivity index (χ3v) is 3.41. The first-order chi connectivity index (χ1) is 7.99. The van der Waals surface area contributed by atoms with E-state index in [9.17, 15) is 0 Å². The Bertz CT molecular complexity index is 564. The summed E-state index contributed by atoms with van der Waals surface area (Å²) >= 11 is 3.61. The second-order valence-corrected chi connectivity index (χ2v) is 5.44. The molecule has 3 heteroatoms. The zero-order valence-corrected chi connectivity index (χ0v) is 12.2. The first-order valence-electron chi connectivity index (χ1n) is 5.74. The highest BCUT2D eigenvalue weighted by atomic mass is 79.9. The molecule has 0 saturated carbocycles. The highest BCUT2D eigenvalue weighted by molar-refractivity contribution is 9.10. The summed E-state index contributed by atoms with van der Waals surface area (Å²) in [7, 11) is 2.03. The summed E-state index contributed by atoms with van der Waals surface area (Å²) < 4.78 is 8.97. The van der Waals surface area contributed by atoms with Gasteiger partial charge in [0.1, 0.15) is 12.8 Å². The van der Waals surface area contributed by atoms with E-state index in [1.54, 1.807) is 0 Å². The van der Waals surface area contributed by atoms with Gasteiger partial charge in [0.25, 0.3) is 0 Å². The summed E-state index contributed by atoms with van der Waals surface area (Å²) in [5.41, 5.74) is 1.19. The second kappa shape index (κ2) is 4.65. The zero-order chi connectivity index (χ0) is 12.6. The first-order valence-corrected chi connectivity index (χ1v) is 6.53. The molecule has 17 heavy (non-hydrogen) atoms. The molecule has 0 amide bonds. The largest absolute Gasteiger partial charge is 0.491 e. The maximum Gasteiger partial charge on any atom is 0.176 e. The number of hydrogen-bond donors (Lipinski definition) is 0. The number of rotatable bonds is 2. The predicted molar refractivity (Wildman–Crippen MR) is 73.3 cm³/mol. The second-order valence-electron chi connectivity index (χ2n) is 4.59. The van der Waals surface area contributed by atoms with Gasteiger partial charge in [-0.3, -0.25) is 0 Å². The van der Waals surface area contributed by atoms with Crippen LogP contribution in [0.3, 0.4) is 0 Å². The van der Waals surface area contributed by atoms with Crippen LogP contribution in [0.1, 0.15) is 19.4 Å². The van der Waals surface area contributed by atoms with Crippen molar-refractivity contribution >= 4 is 26.7 Å². The van der Waals surface area contributed by atoms with Gasteiger partial charge in [-0.25, -0.2) is 4.57 Å². The number of aromatic nitrogens is 1. The maximum absolute atomic E-state index is 5.83. The Morgan fingerprint density at radius 2 is 2.00 bits per heavy atom. The van der Waals surface area contributed by atoms with E-state index in [-0.39, 0.29) is 6.10 Å². The smallest absolute Gasteiger partial charge is 0.176 e. The molecule has 1 heterocycles. The lowest BCUT2D eigenvalue weighted by molar-refractivity contribution is -0.670. The van der Waals surface area contributed by atoms with Crippen molar-refractivity contribution in [1.82, 2.24) is 0 Å². The number of fused-ring (bicyclic) bond motifs is 1. The van der Waals surface area contributed by atoms with Gasteiger partial charge in [0.05, 0.1) is 11.5 Å². The first kappa shape index (κ1) is 12.4. The number of ether oxygens (including phenoxy) is 1. The van der Waals surface area contributed by atoms with Gasteiger partial charge in [0.15, 0.2) is 12.4 Å². The van der Waals surface area contributed by atoms with Gasteiger partial charge in [-0.05, 0) is 26.8 Å². The fourth-order valence-electron chi connectivity index (χ4n) is 1.92. The van der Waals surface area contributed by atoms with Gasteiger partial charge in [0, 0.05) is 21.5 Å². The standard InChI is InChI=1S/C14H17BrNO/c1-9(2)17-14-7-13(15)11-5-6-16(4)8-12(11)10(14)3/h5-9H,1-4H3/q+1. The van der Waals surface area contributed by atoms with Crippen LogP contribution < -0.4 is 9.30 Å². The van der Waals surface area contributed by atoms with E-state index < -0.39 is 0 Å². The van der Waals surface area contributed by atoms with Gasteiger partial charge in [-0.1, -0.05) is 15.9 Å². The molecular formula is C14H17BrNO+. The Balaban J connectivity index is 2.69. The van der Waals surface area contributed by atoms with Crippen molar-refractivity contribution in [3.8, 4) is 5.75 Å². The molecule has 2 rings (SSSR count). The molecule has 0 radical (unpaired) electrons. The Morgan fingerprint density at radius 1 is 1.29 bits per heavy atom. The molecule has 0 fully saturated rings. The summed E-state index contributed by atoms with van der Waals surface area (Å²) in [6, 6.07) is 4.17. The topological polar surface area (TPSA) is 13.1 Å². The van der Waals surface area contributed by atoms with Crippen molar-refractivity contribution < 1.29 is 9.30 Å². The van der Waals surface area contributed by atoms with E-state index in [4.69, 9.17) is 4.74 Å². The van der Waals surface area contributed by atoms with E-state index in [1.165, 1.54) is 16.3 Å². The molecule has 0 aliphatic carbocycles. The van der Waals surface area contributed by atoms with Crippen LogP contribution in [0.4, 0.5) is 0 Å². The van der Waals surface area contributed by atoms with Crippen LogP contribution in [0.15, 0.2) is 29.0 Å². The minimum absolute atomic E-state index is 0.190. The van der Waals surface area contributed by atoms with Crippen molar-refractivity contribution in [2.75, 3.05) is 0 Å². The molecule has 0 saturated heterocycles. The number of nitrogens with zero attached hydrogens (tertiary/aromatic N) is 1. The molecule has 0 atom stereocenters. The average Bonchev–Trinajstić information content (AvgIpc) is 2.24. The molecule has 0 aliphatic rings. The van der Waals surface area contributed by atoms with Crippen molar-refractivity contribution in [1.29, 1.82) is 0 Å². The minimum Gasteiger partial charge on any atom is -0.491 e. The Kier molecular flexibility index (Phi) is 3.38. The molecular weight excluding hydrogens is 278 g/mol. The molecule has 0 spiro atoms. The summed E-state index contributed by atoms with van der Waals surface area (Å²) in [5.74, 6) is 0.950. The summed E-state index contributed by atoms with van der Waals surface area (Å²) in [6.45, 7) is 6.19.